The number of carbonyl (C=O) groups is 1. The summed E-state index contributed by atoms with van der Waals surface area (Å²) in [6, 6.07) is 4.07. The second-order valence-electron chi connectivity index (χ2n) is 6.22. The number of likely N-dealkylation sites (N-methyl/N-ethyl adjacent to an activating group) is 1. The van der Waals surface area contributed by atoms with Gasteiger partial charge in [-0.15, -0.1) is 0 Å². The Labute approximate surface area is 131 Å². The summed E-state index contributed by atoms with van der Waals surface area (Å²) in [7, 11) is 2.15. The molecule has 0 spiro atoms. The maximum atomic E-state index is 12.1. The first kappa shape index (κ1) is 15.2. The third-order valence-corrected chi connectivity index (χ3v) is 4.54. The monoisotopic (exact) mass is 303 g/mol. The van der Waals surface area contributed by atoms with Crippen LogP contribution in [0.25, 0.3) is 0 Å². The molecule has 3 rings (SSSR count). The van der Waals surface area contributed by atoms with Crippen LogP contribution in [-0.2, 0) is 11.3 Å². The molecule has 1 aromatic rings. The third kappa shape index (κ3) is 3.75. The van der Waals surface area contributed by atoms with E-state index in [0.29, 0.717) is 6.54 Å². The highest BCUT2D eigenvalue weighted by Crippen LogP contribution is 2.15. The fourth-order valence-electron chi connectivity index (χ4n) is 2.99. The molecule has 120 valence electrons. The lowest BCUT2D eigenvalue weighted by Gasteiger charge is -2.33. The number of hydrogen-bond acceptors (Lipinski definition) is 5. The lowest BCUT2D eigenvalue weighted by molar-refractivity contribution is -0.124. The number of aromatic nitrogens is 1. The highest BCUT2D eigenvalue weighted by molar-refractivity contribution is 5.79. The lowest BCUT2D eigenvalue weighted by Crippen LogP contribution is -2.44. The summed E-state index contributed by atoms with van der Waals surface area (Å²) in [5, 5.41) is 6.27. The van der Waals surface area contributed by atoms with E-state index in [1.807, 2.05) is 12.3 Å². The van der Waals surface area contributed by atoms with E-state index in [1.165, 1.54) is 0 Å². The molecule has 0 aromatic carbocycles. The number of rotatable bonds is 4. The van der Waals surface area contributed by atoms with Crippen molar-refractivity contribution in [3.8, 4) is 0 Å². The van der Waals surface area contributed by atoms with E-state index < -0.39 is 0 Å². The molecule has 0 bridgehead atoms. The lowest BCUT2D eigenvalue weighted by atomic mass is 10.1. The maximum Gasteiger partial charge on any atom is 0.224 e. The Kier molecular flexibility index (Phi) is 4.90. The van der Waals surface area contributed by atoms with Crippen molar-refractivity contribution >= 4 is 11.7 Å². The minimum atomic E-state index is 0.124. The summed E-state index contributed by atoms with van der Waals surface area (Å²) in [5.41, 5.74) is 1.11. The number of anilines is 1. The van der Waals surface area contributed by atoms with E-state index in [1.54, 1.807) is 0 Å². The van der Waals surface area contributed by atoms with Crippen LogP contribution in [0.4, 0.5) is 5.82 Å². The zero-order chi connectivity index (χ0) is 15.4. The Bertz CT molecular complexity index is 507. The number of piperazine rings is 1. The molecule has 2 aliphatic rings. The molecule has 0 radical (unpaired) electrons. The molecule has 1 unspecified atom stereocenters. The molecule has 22 heavy (non-hydrogen) atoms. The van der Waals surface area contributed by atoms with Crippen LogP contribution >= 0.6 is 0 Å². The first-order valence-electron chi connectivity index (χ1n) is 8.09. The smallest absolute Gasteiger partial charge is 0.224 e. The minimum absolute atomic E-state index is 0.124. The van der Waals surface area contributed by atoms with E-state index in [4.69, 9.17) is 0 Å². The van der Waals surface area contributed by atoms with Gasteiger partial charge in [0, 0.05) is 45.5 Å². The average molecular weight is 303 g/mol. The molecular formula is C16H25N5O. The van der Waals surface area contributed by atoms with Crippen LogP contribution in [0.3, 0.4) is 0 Å². The summed E-state index contributed by atoms with van der Waals surface area (Å²) >= 11 is 0. The largest absolute Gasteiger partial charge is 0.354 e. The minimum Gasteiger partial charge on any atom is -0.354 e. The molecule has 1 amide bonds. The molecule has 6 nitrogen and oxygen atoms in total. The Hall–Kier alpha value is -1.66. The number of nitrogens with one attached hydrogen (secondary N) is 2. The third-order valence-electron chi connectivity index (χ3n) is 4.54. The highest BCUT2D eigenvalue weighted by Gasteiger charge is 2.22. The van der Waals surface area contributed by atoms with Gasteiger partial charge in [-0.25, -0.2) is 4.98 Å². The Morgan fingerprint density at radius 2 is 2.23 bits per heavy atom. The van der Waals surface area contributed by atoms with Crippen LogP contribution in [0, 0.1) is 5.92 Å². The van der Waals surface area contributed by atoms with E-state index in [-0.39, 0.29) is 11.8 Å². The molecule has 0 saturated carbocycles. The van der Waals surface area contributed by atoms with Crippen molar-refractivity contribution < 1.29 is 4.79 Å². The first-order chi connectivity index (χ1) is 10.7. The van der Waals surface area contributed by atoms with Gasteiger partial charge in [0.2, 0.25) is 5.91 Å². The van der Waals surface area contributed by atoms with Crippen molar-refractivity contribution in [3.63, 3.8) is 0 Å². The van der Waals surface area contributed by atoms with Gasteiger partial charge in [0.1, 0.15) is 5.82 Å². The normalized spacial score (nSPS) is 22.8. The Balaban J connectivity index is 1.55. The molecule has 6 heteroatoms. The summed E-state index contributed by atoms with van der Waals surface area (Å²) in [5.74, 6) is 1.30. The van der Waals surface area contributed by atoms with Gasteiger partial charge >= 0.3 is 0 Å². The molecule has 0 aliphatic carbocycles. The van der Waals surface area contributed by atoms with Crippen LogP contribution < -0.4 is 15.5 Å². The van der Waals surface area contributed by atoms with Crippen LogP contribution in [0.15, 0.2) is 18.3 Å². The van der Waals surface area contributed by atoms with Crippen LogP contribution in [0.2, 0.25) is 0 Å². The number of hydrogen-bond donors (Lipinski definition) is 2. The highest BCUT2D eigenvalue weighted by atomic mass is 16.1. The molecular weight excluding hydrogens is 278 g/mol. The molecule has 2 aliphatic heterocycles. The number of carbonyl (C=O) groups excluding carboxylic acids is 1. The standard InChI is InChI=1S/C16H25N5O/c1-20-6-8-21(9-7-20)15-10-13(2-5-18-15)11-19-16(22)14-3-4-17-12-14/h2,5,10,14,17H,3-4,6-9,11-12H2,1H3,(H,19,22). The van der Waals surface area contributed by atoms with E-state index >= 15 is 0 Å². The fourth-order valence-corrected chi connectivity index (χ4v) is 2.99. The second-order valence-corrected chi connectivity index (χ2v) is 6.22. The van der Waals surface area contributed by atoms with Gasteiger partial charge in [0.25, 0.3) is 0 Å². The van der Waals surface area contributed by atoms with E-state index in [2.05, 4.69) is 38.5 Å². The van der Waals surface area contributed by atoms with Crippen molar-refractivity contribution in [3.05, 3.63) is 23.9 Å². The molecule has 2 fully saturated rings. The van der Waals surface area contributed by atoms with Crippen molar-refractivity contribution in [1.82, 2.24) is 20.5 Å². The van der Waals surface area contributed by atoms with Gasteiger partial charge in [-0.05, 0) is 37.7 Å². The molecule has 2 saturated heterocycles. The number of amides is 1. The van der Waals surface area contributed by atoms with Gasteiger partial charge in [0.05, 0.1) is 5.92 Å². The summed E-state index contributed by atoms with van der Waals surface area (Å²) < 4.78 is 0. The summed E-state index contributed by atoms with van der Waals surface area (Å²) in [6.45, 7) is 6.48. The zero-order valence-corrected chi connectivity index (χ0v) is 13.2. The number of pyridine rings is 1. The topological polar surface area (TPSA) is 60.5 Å². The van der Waals surface area contributed by atoms with Crippen molar-refractivity contribution in [2.45, 2.75) is 13.0 Å². The SMILES string of the molecule is CN1CCN(c2cc(CNC(=O)C3CCNC3)ccn2)CC1. The van der Waals surface area contributed by atoms with E-state index in [0.717, 1.165) is 57.1 Å². The van der Waals surface area contributed by atoms with Crippen LogP contribution in [0.5, 0.6) is 0 Å². The average Bonchev–Trinajstić information content (AvgIpc) is 3.08. The van der Waals surface area contributed by atoms with E-state index in [9.17, 15) is 4.79 Å². The summed E-state index contributed by atoms with van der Waals surface area (Å²) in [6.07, 6.45) is 2.78. The predicted molar refractivity (Wildman–Crippen MR) is 86.8 cm³/mol. The van der Waals surface area contributed by atoms with Gasteiger partial charge in [0.15, 0.2) is 0 Å². The quantitative estimate of drug-likeness (QED) is 0.824. The second kappa shape index (κ2) is 7.07. The number of nitrogens with zero attached hydrogens (tertiary/aromatic N) is 3. The van der Waals surface area contributed by atoms with Gasteiger partial charge in [-0.2, -0.15) is 0 Å². The van der Waals surface area contributed by atoms with Crippen molar-refractivity contribution in [2.75, 3.05) is 51.2 Å². The van der Waals surface area contributed by atoms with Crippen LogP contribution in [0.1, 0.15) is 12.0 Å². The molecule has 1 aromatic heterocycles. The molecule has 1 atom stereocenters. The zero-order valence-electron chi connectivity index (χ0n) is 13.2. The fraction of sp³-hybridized carbons (Fsp3) is 0.625. The predicted octanol–water partition coefficient (Wildman–Crippen LogP) is 0.0591. The Morgan fingerprint density at radius 3 is 2.95 bits per heavy atom. The maximum absolute atomic E-state index is 12.1. The molecule has 2 N–H and O–H groups in total. The Morgan fingerprint density at radius 1 is 1.41 bits per heavy atom. The summed E-state index contributed by atoms with van der Waals surface area (Å²) in [4.78, 5) is 21.2. The van der Waals surface area contributed by atoms with Crippen molar-refractivity contribution in [2.24, 2.45) is 5.92 Å². The van der Waals surface area contributed by atoms with Crippen molar-refractivity contribution in [1.29, 1.82) is 0 Å². The van der Waals surface area contributed by atoms with Gasteiger partial charge in [-0.1, -0.05) is 0 Å². The van der Waals surface area contributed by atoms with Crippen LogP contribution in [-0.4, -0.2) is 62.1 Å². The first-order valence-corrected chi connectivity index (χ1v) is 8.09. The van der Waals surface area contributed by atoms with Gasteiger partial charge < -0.3 is 20.4 Å². The molecule has 3 heterocycles. The van der Waals surface area contributed by atoms with Gasteiger partial charge in [-0.3, -0.25) is 4.79 Å².